The van der Waals surface area contributed by atoms with Gasteiger partial charge in [0.1, 0.15) is 0 Å². The number of amidine groups is 3. The van der Waals surface area contributed by atoms with Crippen molar-refractivity contribution in [2.45, 2.75) is 26.9 Å². The lowest BCUT2D eigenvalue weighted by Crippen LogP contribution is -2.07. The molecule has 0 aliphatic carbocycles. The van der Waals surface area contributed by atoms with Gasteiger partial charge in [0.2, 0.25) is 0 Å². The fourth-order valence-corrected chi connectivity index (χ4v) is 5.99. The molecule has 0 aliphatic rings. The first-order valence-corrected chi connectivity index (χ1v) is 18.0. The third kappa shape index (κ3) is 9.72. The number of hydrogen-bond donors (Lipinski definition) is 0. The molecular formula is C49H43N5. The van der Waals surface area contributed by atoms with E-state index in [1.165, 1.54) is 0 Å². The van der Waals surface area contributed by atoms with E-state index < -0.39 is 0 Å². The fraction of sp³-hybridized carbons (Fsp3) is 0.0816. The summed E-state index contributed by atoms with van der Waals surface area (Å²) >= 11 is 0. The van der Waals surface area contributed by atoms with Crippen molar-refractivity contribution in [3.8, 4) is 11.1 Å². The van der Waals surface area contributed by atoms with Gasteiger partial charge in [0.25, 0.3) is 0 Å². The van der Waals surface area contributed by atoms with Crippen molar-refractivity contribution in [1.29, 1.82) is 0 Å². The van der Waals surface area contributed by atoms with Gasteiger partial charge >= 0.3 is 0 Å². The van der Waals surface area contributed by atoms with Crippen LogP contribution in [-0.2, 0) is 13.1 Å². The molecule has 6 aromatic carbocycles. The maximum absolute atomic E-state index is 5.16. The topological polar surface area (TPSA) is 61.8 Å². The van der Waals surface area contributed by atoms with Gasteiger partial charge in [-0.1, -0.05) is 170 Å². The van der Waals surface area contributed by atoms with Gasteiger partial charge in [0, 0.05) is 22.4 Å². The van der Waals surface area contributed by atoms with Crippen molar-refractivity contribution in [3.63, 3.8) is 0 Å². The van der Waals surface area contributed by atoms with Crippen LogP contribution in [-0.4, -0.2) is 29.9 Å². The van der Waals surface area contributed by atoms with Crippen molar-refractivity contribution >= 4 is 36.0 Å². The predicted octanol–water partition coefficient (Wildman–Crippen LogP) is 11.4. The molecular weight excluding hydrogens is 659 g/mol. The SMILES string of the molecule is C=C/C=C\c1cc(C(=NCc2cccc(C(N=C(C)c3ccccc3)=NCc3ccccc3-c3ccccc3)c2)N=C(N=C)c2ccccc2)ccc1C. The summed E-state index contributed by atoms with van der Waals surface area (Å²) < 4.78 is 0. The molecule has 0 unspecified atom stereocenters. The molecule has 5 heteroatoms. The maximum Gasteiger partial charge on any atom is 0.161 e. The number of allylic oxidation sites excluding steroid dienone is 2. The zero-order valence-electron chi connectivity index (χ0n) is 30.8. The van der Waals surface area contributed by atoms with E-state index in [9.17, 15) is 0 Å². The normalized spacial score (nSPS) is 12.6. The Morgan fingerprint density at radius 1 is 0.574 bits per heavy atom. The van der Waals surface area contributed by atoms with Crippen LogP contribution in [0.15, 0.2) is 201 Å². The Morgan fingerprint density at radius 2 is 1.19 bits per heavy atom. The summed E-state index contributed by atoms with van der Waals surface area (Å²) in [6.07, 6.45) is 5.74. The highest BCUT2D eigenvalue weighted by molar-refractivity contribution is 6.13. The van der Waals surface area contributed by atoms with E-state index in [2.05, 4.69) is 116 Å². The molecule has 0 radical (unpaired) electrons. The summed E-state index contributed by atoms with van der Waals surface area (Å²) in [5.41, 5.74) is 11.2. The van der Waals surface area contributed by atoms with Gasteiger partial charge in [-0.25, -0.2) is 15.0 Å². The lowest BCUT2D eigenvalue weighted by molar-refractivity contribution is 1.05. The van der Waals surface area contributed by atoms with Crippen molar-refractivity contribution < 1.29 is 0 Å². The first kappa shape index (κ1) is 36.9. The number of benzene rings is 6. The Kier molecular flexibility index (Phi) is 12.7. The van der Waals surface area contributed by atoms with Gasteiger partial charge in [-0.05, 0) is 71.6 Å². The summed E-state index contributed by atoms with van der Waals surface area (Å²) in [6.45, 7) is 12.6. The van der Waals surface area contributed by atoms with E-state index >= 15 is 0 Å². The standard InChI is InChI=1S/C49H43N5/c1-5-6-20-42-33-44(31-30-36(42)2)49(54-47(50-4)41-25-14-9-15-26-41)51-34-38-19-18-28-43(32-38)48(53-37(3)39-21-10-7-11-22-39)52-35-45-27-16-17-29-46(45)40-23-12-8-13-24-40/h5-33H,1,4,34-35H2,2-3H3/b20-6-,51-49?,52-48?,53-37?,54-47?. The summed E-state index contributed by atoms with van der Waals surface area (Å²) in [5, 5.41) is 0. The minimum Gasteiger partial charge on any atom is -0.261 e. The first-order chi connectivity index (χ1) is 26.5. The van der Waals surface area contributed by atoms with Crippen molar-refractivity contribution in [1.82, 2.24) is 0 Å². The molecule has 0 spiro atoms. The van der Waals surface area contributed by atoms with Crippen LogP contribution in [0.25, 0.3) is 17.2 Å². The van der Waals surface area contributed by atoms with Crippen LogP contribution < -0.4 is 0 Å². The second kappa shape index (κ2) is 18.6. The van der Waals surface area contributed by atoms with Gasteiger partial charge in [-0.15, -0.1) is 0 Å². The number of nitrogens with zero attached hydrogens (tertiary/aromatic N) is 5. The highest BCUT2D eigenvalue weighted by atomic mass is 15.0. The van der Waals surface area contributed by atoms with Gasteiger partial charge in [0.15, 0.2) is 17.5 Å². The highest BCUT2D eigenvalue weighted by Gasteiger charge is 2.11. The Balaban J connectivity index is 1.40. The van der Waals surface area contributed by atoms with Gasteiger partial charge in [0.05, 0.1) is 13.1 Å². The molecule has 0 bridgehead atoms. The lowest BCUT2D eigenvalue weighted by Gasteiger charge is -2.11. The third-order valence-electron chi connectivity index (χ3n) is 8.91. The van der Waals surface area contributed by atoms with Crippen molar-refractivity contribution in [2.24, 2.45) is 25.0 Å². The van der Waals surface area contributed by atoms with E-state index in [1.54, 1.807) is 6.08 Å². The second-order valence-corrected chi connectivity index (χ2v) is 12.7. The molecule has 5 nitrogen and oxygen atoms in total. The number of rotatable bonds is 11. The van der Waals surface area contributed by atoms with Gasteiger partial charge in [-0.3, -0.25) is 9.98 Å². The van der Waals surface area contributed by atoms with Crippen LogP contribution in [0.1, 0.15) is 51.4 Å². The van der Waals surface area contributed by atoms with Crippen molar-refractivity contribution in [3.05, 3.63) is 221 Å². The molecule has 6 aromatic rings. The molecule has 0 fully saturated rings. The number of aryl methyl sites for hydroxylation is 1. The van der Waals surface area contributed by atoms with Crippen LogP contribution in [0, 0.1) is 6.92 Å². The number of hydrogen-bond acceptors (Lipinski definition) is 2. The molecule has 0 amide bonds. The van der Waals surface area contributed by atoms with Crippen LogP contribution in [0.3, 0.4) is 0 Å². The maximum atomic E-state index is 5.16. The molecule has 0 atom stereocenters. The molecule has 0 aliphatic heterocycles. The van der Waals surface area contributed by atoms with E-state index in [0.717, 1.165) is 61.3 Å². The second-order valence-electron chi connectivity index (χ2n) is 12.7. The molecule has 264 valence electrons. The van der Waals surface area contributed by atoms with E-state index in [-0.39, 0.29) is 0 Å². The Labute approximate surface area is 319 Å². The van der Waals surface area contributed by atoms with E-state index in [1.807, 2.05) is 85.8 Å². The fourth-order valence-electron chi connectivity index (χ4n) is 5.99. The minimum absolute atomic E-state index is 0.378. The van der Waals surface area contributed by atoms with Crippen LogP contribution in [0.4, 0.5) is 0 Å². The zero-order chi connectivity index (χ0) is 37.5. The highest BCUT2D eigenvalue weighted by Crippen LogP contribution is 2.25. The molecule has 0 N–H and O–H groups in total. The molecule has 0 heterocycles. The molecule has 0 saturated heterocycles. The number of aliphatic imine (C=N–C) groups is 5. The van der Waals surface area contributed by atoms with Crippen LogP contribution in [0.5, 0.6) is 0 Å². The van der Waals surface area contributed by atoms with E-state index in [4.69, 9.17) is 20.0 Å². The Morgan fingerprint density at radius 3 is 1.91 bits per heavy atom. The Hall–Kier alpha value is -6.85. The van der Waals surface area contributed by atoms with E-state index in [0.29, 0.717) is 30.6 Å². The molecule has 54 heavy (non-hydrogen) atoms. The lowest BCUT2D eigenvalue weighted by atomic mass is 10.00. The average molecular weight is 702 g/mol. The summed E-state index contributed by atoms with van der Waals surface area (Å²) in [6, 6.07) is 53.4. The minimum atomic E-state index is 0.378. The predicted molar refractivity (Wildman–Crippen MR) is 230 cm³/mol. The quantitative estimate of drug-likeness (QED) is 0.0733. The monoisotopic (exact) mass is 701 g/mol. The van der Waals surface area contributed by atoms with Crippen molar-refractivity contribution in [2.75, 3.05) is 0 Å². The largest absolute Gasteiger partial charge is 0.261 e. The first-order valence-electron chi connectivity index (χ1n) is 18.0. The third-order valence-corrected chi connectivity index (χ3v) is 8.91. The smallest absolute Gasteiger partial charge is 0.161 e. The molecule has 0 aromatic heterocycles. The zero-order valence-corrected chi connectivity index (χ0v) is 30.8. The molecule has 6 rings (SSSR count). The summed E-state index contributed by atoms with van der Waals surface area (Å²) in [7, 11) is 0. The van der Waals surface area contributed by atoms with Gasteiger partial charge < -0.3 is 0 Å². The van der Waals surface area contributed by atoms with Crippen LogP contribution >= 0.6 is 0 Å². The van der Waals surface area contributed by atoms with Crippen LogP contribution in [0.2, 0.25) is 0 Å². The summed E-state index contributed by atoms with van der Waals surface area (Å²) in [4.78, 5) is 24.6. The average Bonchev–Trinajstić information content (AvgIpc) is 3.23. The molecule has 0 saturated carbocycles. The van der Waals surface area contributed by atoms with Gasteiger partial charge in [-0.2, -0.15) is 0 Å². The Bertz CT molecular complexity index is 2370. The summed E-state index contributed by atoms with van der Waals surface area (Å²) in [5.74, 6) is 1.72.